The van der Waals surface area contributed by atoms with Crippen molar-refractivity contribution in [2.24, 2.45) is 5.92 Å². The molecule has 6 heteroatoms. The van der Waals surface area contributed by atoms with Crippen molar-refractivity contribution in [3.05, 3.63) is 36.2 Å². The quantitative estimate of drug-likeness (QED) is 0.917. The van der Waals surface area contributed by atoms with Crippen molar-refractivity contribution in [1.29, 1.82) is 0 Å². The maximum Gasteiger partial charge on any atom is 0.257 e. The van der Waals surface area contributed by atoms with Crippen molar-refractivity contribution in [3.63, 3.8) is 0 Å². The summed E-state index contributed by atoms with van der Waals surface area (Å²) in [6.45, 7) is 4.12. The van der Waals surface area contributed by atoms with Gasteiger partial charge in [0.1, 0.15) is 0 Å². The third-order valence-electron chi connectivity index (χ3n) is 4.05. The molecule has 0 spiro atoms. The van der Waals surface area contributed by atoms with E-state index in [0.29, 0.717) is 5.89 Å². The highest BCUT2D eigenvalue weighted by Crippen LogP contribution is 2.20. The molecular weight excluding hydrogens is 300 g/mol. The summed E-state index contributed by atoms with van der Waals surface area (Å²) in [5.41, 5.74) is 0.976. The van der Waals surface area contributed by atoms with Gasteiger partial charge in [0.05, 0.1) is 6.54 Å². The maximum atomic E-state index is 5.35. The fraction of sp³-hybridized carbons (Fsp3) is 0.500. The molecule has 0 bridgehead atoms. The molecule has 0 atom stereocenters. The van der Waals surface area contributed by atoms with Crippen molar-refractivity contribution in [2.45, 2.75) is 19.4 Å². The van der Waals surface area contributed by atoms with Crippen LogP contribution < -0.4 is 5.32 Å². The fourth-order valence-corrected chi connectivity index (χ4v) is 2.85. The van der Waals surface area contributed by atoms with E-state index in [1.807, 2.05) is 37.4 Å². The van der Waals surface area contributed by atoms with E-state index < -0.39 is 0 Å². The number of nitrogens with zero attached hydrogens (tertiary/aromatic N) is 3. The lowest BCUT2D eigenvalue weighted by molar-refractivity contribution is 0.171. The predicted octanol–water partition coefficient (Wildman–Crippen LogP) is 2.59. The van der Waals surface area contributed by atoms with Crippen molar-refractivity contribution < 1.29 is 4.52 Å². The number of benzene rings is 1. The average Bonchev–Trinajstić information content (AvgIpc) is 2.99. The summed E-state index contributed by atoms with van der Waals surface area (Å²) in [6, 6.07) is 9.91. The number of hydrogen-bond acceptors (Lipinski definition) is 5. The van der Waals surface area contributed by atoms with Crippen LogP contribution in [0, 0.1) is 5.92 Å². The van der Waals surface area contributed by atoms with Crippen LogP contribution >= 0.6 is 12.4 Å². The lowest BCUT2D eigenvalue weighted by Crippen LogP contribution is -2.36. The van der Waals surface area contributed by atoms with Gasteiger partial charge in [-0.05, 0) is 57.6 Å². The first-order chi connectivity index (χ1) is 10.3. The Morgan fingerprint density at radius 2 is 1.95 bits per heavy atom. The molecule has 120 valence electrons. The average molecular weight is 323 g/mol. The van der Waals surface area contributed by atoms with E-state index in [0.717, 1.165) is 43.5 Å². The molecule has 2 aromatic rings. The van der Waals surface area contributed by atoms with Crippen LogP contribution in [0.25, 0.3) is 11.5 Å². The lowest BCUT2D eigenvalue weighted by Gasteiger charge is -2.30. The van der Waals surface area contributed by atoms with E-state index >= 15 is 0 Å². The van der Waals surface area contributed by atoms with Crippen LogP contribution in [0.1, 0.15) is 18.7 Å². The molecule has 1 N–H and O–H groups in total. The summed E-state index contributed by atoms with van der Waals surface area (Å²) in [7, 11) is 2.02. The van der Waals surface area contributed by atoms with Crippen LogP contribution in [0.5, 0.6) is 0 Å². The van der Waals surface area contributed by atoms with Crippen LogP contribution in [-0.2, 0) is 6.54 Å². The second-order valence-corrected chi connectivity index (χ2v) is 5.66. The van der Waals surface area contributed by atoms with Crippen molar-refractivity contribution in [1.82, 2.24) is 20.4 Å². The summed E-state index contributed by atoms with van der Waals surface area (Å²) >= 11 is 0. The van der Waals surface area contributed by atoms with E-state index in [4.69, 9.17) is 4.52 Å². The van der Waals surface area contributed by atoms with Gasteiger partial charge in [-0.2, -0.15) is 4.98 Å². The molecule has 1 saturated heterocycles. The molecule has 0 aliphatic carbocycles. The second-order valence-electron chi connectivity index (χ2n) is 5.66. The van der Waals surface area contributed by atoms with Crippen molar-refractivity contribution in [3.8, 4) is 11.5 Å². The molecule has 0 saturated carbocycles. The van der Waals surface area contributed by atoms with Crippen LogP contribution in [-0.4, -0.2) is 41.7 Å². The molecule has 0 unspecified atom stereocenters. The Morgan fingerprint density at radius 3 is 2.64 bits per heavy atom. The molecule has 1 aliphatic heterocycles. The zero-order valence-electron chi connectivity index (χ0n) is 12.9. The highest BCUT2D eigenvalue weighted by atomic mass is 35.5. The lowest BCUT2D eigenvalue weighted by atomic mass is 9.97. The van der Waals surface area contributed by atoms with Gasteiger partial charge >= 0.3 is 0 Å². The largest absolute Gasteiger partial charge is 0.334 e. The van der Waals surface area contributed by atoms with Crippen molar-refractivity contribution >= 4 is 12.4 Å². The second kappa shape index (κ2) is 8.27. The van der Waals surface area contributed by atoms with Gasteiger partial charge in [0.2, 0.25) is 0 Å². The monoisotopic (exact) mass is 322 g/mol. The molecule has 1 aromatic carbocycles. The molecule has 0 amide bonds. The summed E-state index contributed by atoms with van der Waals surface area (Å²) in [5, 5.41) is 7.37. The van der Waals surface area contributed by atoms with Crippen molar-refractivity contribution in [2.75, 3.05) is 26.7 Å². The number of aromatic nitrogens is 2. The molecule has 1 aliphatic rings. The first-order valence-corrected chi connectivity index (χ1v) is 7.60. The Hall–Kier alpha value is -1.43. The number of hydrogen-bond donors (Lipinski definition) is 1. The van der Waals surface area contributed by atoms with E-state index in [2.05, 4.69) is 20.4 Å². The topological polar surface area (TPSA) is 54.2 Å². The summed E-state index contributed by atoms with van der Waals surface area (Å²) < 4.78 is 5.35. The number of halogens is 1. The van der Waals surface area contributed by atoms with Gasteiger partial charge in [-0.3, -0.25) is 4.90 Å². The molecule has 3 rings (SSSR count). The normalized spacial score (nSPS) is 16.4. The van der Waals surface area contributed by atoms with E-state index in [9.17, 15) is 0 Å². The van der Waals surface area contributed by atoms with Crippen LogP contribution in [0.15, 0.2) is 34.9 Å². The predicted molar refractivity (Wildman–Crippen MR) is 88.9 cm³/mol. The van der Waals surface area contributed by atoms with Crippen LogP contribution in [0.3, 0.4) is 0 Å². The van der Waals surface area contributed by atoms with E-state index in [1.165, 1.54) is 12.8 Å². The molecule has 22 heavy (non-hydrogen) atoms. The Morgan fingerprint density at radius 1 is 1.23 bits per heavy atom. The summed E-state index contributed by atoms with van der Waals surface area (Å²) in [4.78, 5) is 6.91. The number of likely N-dealkylation sites (tertiary alicyclic amines) is 1. The first kappa shape index (κ1) is 16.9. The third kappa shape index (κ3) is 4.29. The minimum atomic E-state index is 0. The first-order valence-electron chi connectivity index (χ1n) is 7.60. The summed E-state index contributed by atoms with van der Waals surface area (Å²) in [6.07, 6.45) is 2.48. The number of piperidine rings is 1. The Kier molecular flexibility index (Phi) is 6.36. The van der Waals surface area contributed by atoms with Crippen LogP contribution in [0.4, 0.5) is 0 Å². The highest BCUT2D eigenvalue weighted by molar-refractivity contribution is 5.85. The maximum absolute atomic E-state index is 5.35. The Balaban J connectivity index is 0.00000176. The van der Waals surface area contributed by atoms with Gasteiger partial charge in [-0.25, -0.2) is 0 Å². The standard InChI is InChI=1S/C16H22N4O.ClH/c1-17-11-13-7-9-20(10-8-13)12-15-18-16(21-19-15)14-5-3-2-4-6-14;/h2-6,13,17H,7-12H2,1H3;1H. The molecule has 1 aromatic heterocycles. The van der Waals surface area contributed by atoms with E-state index in [-0.39, 0.29) is 12.4 Å². The fourth-order valence-electron chi connectivity index (χ4n) is 2.85. The molecule has 2 heterocycles. The minimum Gasteiger partial charge on any atom is -0.334 e. The highest BCUT2D eigenvalue weighted by Gasteiger charge is 2.20. The minimum absolute atomic E-state index is 0. The van der Waals surface area contributed by atoms with Gasteiger partial charge < -0.3 is 9.84 Å². The zero-order valence-corrected chi connectivity index (χ0v) is 13.7. The van der Waals surface area contributed by atoms with Gasteiger partial charge in [-0.15, -0.1) is 12.4 Å². The van der Waals surface area contributed by atoms with Gasteiger partial charge in [0.15, 0.2) is 5.82 Å². The van der Waals surface area contributed by atoms with Gasteiger partial charge in [0, 0.05) is 5.56 Å². The molecule has 5 nitrogen and oxygen atoms in total. The SMILES string of the molecule is CNCC1CCN(Cc2noc(-c3ccccc3)n2)CC1.Cl. The molecule has 0 radical (unpaired) electrons. The molecular formula is C16H23ClN4O. The Bertz CT molecular complexity index is 552. The number of rotatable bonds is 5. The Labute approximate surface area is 137 Å². The summed E-state index contributed by atoms with van der Waals surface area (Å²) in [5.74, 6) is 2.19. The van der Waals surface area contributed by atoms with E-state index in [1.54, 1.807) is 0 Å². The van der Waals surface area contributed by atoms with Gasteiger partial charge in [0.25, 0.3) is 5.89 Å². The smallest absolute Gasteiger partial charge is 0.257 e. The van der Waals surface area contributed by atoms with Gasteiger partial charge in [-0.1, -0.05) is 23.4 Å². The third-order valence-corrected chi connectivity index (χ3v) is 4.05. The molecule has 1 fully saturated rings. The number of nitrogens with one attached hydrogen (secondary N) is 1. The zero-order chi connectivity index (χ0) is 14.5. The van der Waals surface area contributed by atoms with Crippen LogP contribution in [0.2, 0.25) is 0 Å².